The molecule has 3 rings (SSSR count). The molecule has 2 nitrogen and oxygen atoms in total. The third-order valence-electron chi connectivity index (χ3n) is 4.75. The molecule has 24 heavy (non-hydrogen) atoms. The molecule has 0 aliphatic carbocycles. The molecule has 0 spiro atoms. The van der Waals surface area contributed by atoms with Crippen LogP contribution in [-0.2, 0) is 0 Å². The third kappa shape index (κ3) is 2.73. The van der Waals surface area contributed by atoms with Crippen LogP contribution in [0, 0.1) is 41.5 Å². The molecule has 0 amide bonds. The number of benzene rings is 2. The van der Waals surface area contributed by atoms with Gasteiger partial charge in [0.15, 0.2) is 0 Å². The quantitative estimate of drug-likeness (QED) is 0.735. The van der Waals surface area contributed by atoms with E-state index in [0.29, 0.717) is 0 Å². The van der Waals surface area contributed by atoms with Crippen LogP contribution in [0.15, 0.2) is 36.7 Å². The van der Waals surface area contributed by atoms with Gasteiger partial charge < -0.3 is 9.80 Å². The van der Waals surface area contributed by atoms with Crippen LogP contribution >= 0.6 is 0 Å². The molecule has 0 aromatic heterocycles. The number of nitrogens with zero attached hydrogens (tertiary/aromatic N) is 2. The van der Waals surface area contributed by atoms with E-state index in [4.69, 9.17) is 7.85 Å². The first kappa shape index (κ1) is 16.7. The molecule has 1 heterocycles. The van der Waals surface area contributed by atoms with Crippen molar-refractivity contribution in [3.8, 4) is 0 Å². The van der Waals surface area contributed by atoms with Gasteiger partial charge in [-0.2, -0.15) is 0 Å². The molecule has 2 aromatic carbocycles. The van der Waals surface area contributed by atoms with Crippen LogP contribution in [0.1, 0.15) is 33.4 Å². The van der Waals surface area contributed by atoms with E-state index >= 15 is 0 Å². The summed E-state index contributed by atoms with van der Waals surface area (Å²) in [6.07, 6.45) is 4.18. The molecule has 0 N–H and O–H groups in total. The van der Waals surface area contributed by atoms with Crippen LogP contribution in [-0.4, -0.2) is 13.9 Å². The third-order valence-corrected chi connectivity index (χ3v) is 4.75. The van der Waals surface area contributed by atoms with Gasteiger partial charge in [-0.1, -0.05) is 35.4 Å². The average Bonchev–Trinajstić information content (AvgIpc) is 2.79. The summed E-state index contributed by atoms with van der Waals surface area (Å²) >= 11 is 0. The summed E-state index contributed by atoms with van der Waals surface area (Å²) in [6, 6.07) is 8.63. The van der Waals surface area contributed by atoms with Crippen molar-refractivity contribution in [2.24, 2.45) is 0 Å². The Bertz CT molecular complexity index is 709. The Labute approximate surface area is 147 Å². The lowest BCUT2D eigenvalue weighted by Gasteiger charge is -2.34. The SMILES string of the molecule is [B]C1N(c2c(C)cc(C)cc2C)C=CN1c1c(C)cc(C)cc1C. The first-order valence-corrected chi connectivity index (χ1v) is 8.46. The minimum absolute atomic E-state index is 0.231. The Balaban J connectivity index is 2.01. The second kappa shape index (κ2) is 6.05. The van der Waals surface area contributed by atoms with Crippen LogP contribution in [0.4, 0.5) is 11.4 Å². The van der Waals surface area contributed by atoms with Crippen molar-refractivity contribution in [2.75, 3.05) is 9.80 Å². The summed E-state index contributed by atoms with van der Waals surface area (Å²) in [6.45, 7) is 12.9. The Morgan fingerprint density at radius 2 is 0.917 bits per heavy atom. The summed E-state index contributed by atoms with van der Waals surface area (Å²) in [5, 5.41) is 0. The number of anilines is 2. The lowest BCUT2D eigenvalue weighted by Crippen LogP contribution is -2.40. The van der Waals surface area contributed by atoms with Gasteiger partial charge in [0.25, 0.3) is 0 Å². The number of hydrogen-bond acceptors (Lipinski definition) is 2. The van der Waals surface area contributed by atoms with Gasteiger partial charge in [-0.15, -0.1) is 0 Å². The molecule has 3 heteroatoms. The van der Waals surface area contributed by atoms with E-state index < -0.39 is 0 Å². The minimum atomic E-state index is -0.231. The molecule has 2 aromatic rings. The van der Waals surface area contributed by atoms with E-state index in [2.05, 4.69) is 88.0 Å². The highest BCUT2D eigenvalue weighted by molar-refractivity contribution is 6.16. The second-order valence-electron chi connectivity index (χ2n) is 7.02. The van der Waals surface area contributed by atoms with Gasteiger partial charge in [-0.3, -0.25) is 0 Å². The monoisotopic (exact) mass is 316 g/mol. The van der Waals surface area contributed by atoms with Crippen molar-refractivity contribution in [1.82, 2.24) is 0 Å². The van der Waals surface area contributed by atoms with Crippen LogP contribution in [0.3, 0.4) is 0 Å². The Morgan fingerprint density at radius 1 is 0.625 bits per heavy atom. The Morgan fingerprint density at radius 3 is 1.21 bits per heavy atom. The Kier molecular flexibility index (Phi) is 4.21. The molecule has 0 saturated heterocycles. The molecule has 2 radical (unpaired) electrons. The molecule has 0 atom stereocenters. The van der Waals surface area contributed by atoms with Gasteiger partial charge in [-0.25, -0.2) is 0 Å². The first-order valence-electron chi connectivity index (χ1n) is 8.46. The fraction of sp³-hybridized carbons (Fsp3) is 0.333. The summed E-state index contributed by atoms with van der Waals surface area (Å²) < 4.78 is 0. The lowest BCUT2D eigenvalue weighted by molar-refractivity contribution is 0.882. The fourth-order valence-corrected chi connectivity index (χ4v) is 4.03. The summed E-state index contributed by atoms with van der Waals surface area (Å²) in [4.78, 5) is 4.34. The van der Waals surface area contributed by atoms with E-state index in [1.165, 1.54) is 44.8 Å². The first-order chi connectivity index (χ1) is 11.3. The molecular formula is C21H25BN2. The normalized spacial score (nSPS) is 14.8. The van der Waals surface area contributed by atoms with Gasteiger partial charge in [0.1, 0.15) is 7.85 Å². The predicted molar refractivity (Wildman–Crippen MR) is 105 cm³/mol. The maximum atomic E-state index is 6.63. The van der Waals surface area contributed by atoms with E-state index in [0.717, 1.165) is 0 Å². The summed E-state index contributed by atoms with van der Waals surface area (Å²) in [7, 11) is 6.63. The van der Waals surface area contributed by atoms with Gasteiger partial charge in [0.05, 0.1) is 6.07 Å². The summed E-state index contributed by atoms with van der Waals surface area (Å²) in [5.74, 6) is 0. The van der Waals surface area contributed by atoms with Crippen molar-refractivity contribution < 1.29 is 0 Å². The zero-order valence-electron chi connectivity index (χ0n) is 15.5. The van der Waals surface area contributed by atoms with Crippen molar-refractivity contribution in [3.05, 3.63) is 70.0 Å². The van der Waals surface area contributed by atoms with E-state index in [1.54, 1.807) is 0 Å². The van der Waals surface area contributed by atoms with Crippen LogP contribution in [0.5, 0.6) is 0 Å². The molecular weight excluding hydrogens is 291 g/mol. The van der Waals surface area contributed by atoms with Gasteiger partial charge in [-0.05, 0) is 63.8 Å². The molecule has 0 fully saturated rings. The molecule has 1 aliphatic rings. The lowest BCUT2D eigenvalue weighted by atomic mass is 9.96. The van der Waals surface area contributed by atoms with Crippen LogP contribution in [0.25, 0.3) is 0 Å². The molecule has 122 valence electrons. The van der Waals surface area contributed by atoms with E-state index in [1.807, 2.05) is 0 Å². The van der Waals surface area contributed by atoms with Crippen molar-refractivity contribution in [3.63, 3.8) is 0 Å². The minimum Gasteiger partial charge on any atom is -0.334 e. The van der Waals surface area contributed by atoms with E-state index in [9.17, 15) is 0 Å². The standard InChI is InChI=1S/C21H25BN2/c1-13-9-15(3)19(16(4)10-13)23-7-8-24(21(23)22)20-17(5)11-14(2)12-18(20)6/h7-12,21H,1-6H3. The van der Waals surface area contributed by atoms with Crippen molar-refractivity contribution in [1.29, 1.82) is 0 Å². The fourth-order valence-electron chi connectivity index (χ4n) is 4.03. The van der Waals surface area contributed by atoms with Crippen molar-refractivity contribution >= 4 is 19.2 Å². The highest BCUT2D eigenvalue weighted by atomic mass is 15.4. The van der Waals surface area contributed by atoms with Crippen LogP contribution in [0.2, 0.25) is 0 Å². The highest BCUT2D eigenvalue weighted by Crippen LogP contribution is 2.35. The van der Waals surface area contributed by atoms with E-state index in [-0.39, 0.29) is 6.07 Å². The smallest absolute Gasteiger partial charge is 0.130 e. The zero-order chi connectivity index (χ0) is 17.6. The summed E-state index contributed by atoms with van der Waals surface area (Å²) in [5.41, 5.74) is 10.0. The molecule has 0 bridgehead atoms. The maximum Gasteiger partial charge on any atom is 0.130 e. The zero-order valence-corrected chi connectivity index (χ0v) is 15.5. The second-order valence-corrected chi connectivity index (χ2v) is 7.02. The average molecular weight is 316 g/mol. The largest absolute Gasteiger partial charge is 0.334 e. The molecule has 0 saturated carbocycles. The highest BCUT2D eigenvalue weighted by Gasteiger charge is 2.27. The topological polar surface area (TPSA) is 6.48 Å². The number of rotatable bonds is 2. The van der Waals surface area contributed by atoms with Gasteiger partial charge >= 0.3 is 0 Å². The van der Waals surface area contributed by atoms with Crippen LogP contribution < -0.4 is 9.80 Å². The van der Waals surface area contributed by atoms with Gasteiger partial charge in [0, 0.05) is 23.8 Å². The number of hydrogen-bond donors (Lipinski definition) is 0. The predicted octanol–water partition coefficient (Wildman–Crippen LogP) is 4.79. The molecule has 0 unspecified atom stereocenters. The Hall–Kier alpha value is -2.16. The van der Waals surface area contributed by atoms with Gasteiger partial charge in [0.2, 0.25) is 0 Å². The number of aryl methyl sites for hydroxylation is 6. The van der Waals surface area contributed by atoms with Crippen molar-refractivity contribution in [2.45, 2.75) is 47.6 Å². The molecule has 1 aliphatic heterocycles. The maximum absolute atomic E-state index is 6.63.